The van der Waals surface area contributed by atoms with Crippen molar-refractivity contribution in [1.82, 2.24) is 0 Å². The Bertz CT molecular complexity index is 407. The van der Waals surface area contributed by atoms with Gasteiger partial charge in [-0.05, 0) is 18.6 Å². The summed E-state index contributed by atoms with van der Waals surface area (Å²) in [6, 6.07) is 7.72. The Balaban J connectivity index is 2.44. The summed E-state index contributed by atoms with van der Waals surface area (Å²) < 4.78 is 4.84. The minimum Gasteiger partial charge on any atom is -0.465 e. The maximum atomic E-state index is 11.1. The zero-order chi connectivity index (χ0) is 12.7. The van der Waals surface area contributed by atoms with Gasteiger partial charge >= 0.3 is 5.97 Å². The van der Waals surface area contributed by atoms with Crippen molar-refractivity contribution in [3.05, 3.63) is 35.4 Å². The molecule has 0 bridgehead atoms. The number of ether oxygens (including phenoxy) is 1. The van der Waals surface area contributed by atoms with Gasteiger partial charge in [0.2, 0.25) is 0 Å². The highest BCUT2D eigenvalue weighted by atomic mass is 32.2. The molecule has 0 unspecified atom stereocenters. The molecule has 0 radical (unpaired) electrons. The summed E-state index contributed by atoms with van der Waals surface area (Å²) in [6.45, 7) is 2.23. The van der Waals surface area contributed by atoms with Crippen molar-refractivity contribution in [3.8, 4) is 0 Å². The molecule has 0 saturated carbocycles. The summed E-state index contributed by atoms with van der Waals surface area (Å²) in [5.41, 5.74) is 7.51. The molecule has 0 fully saturated rings. The standard InChI is InChI=1S/C12H15NO2S2/c1-2-15-11(14)8-17-7-9-4-3-5-10(6-9)12(13)16/h3-6H,2,7-8H2,1H3,(H2,13,16). The van der Waals surface area contributed by atoms with Crippen LogP contribution < -0.4 is 5.73 Å². The first-order valence-electron chi connectivity index (χ1n) is 5.25. The van der Waals surface area contributed by atoms with Crippen LogP contribution in [0.1, 0.15) is 18.1 Å². The average molecular weight is 269 g/mol. The molecule has 92 valence electrons. The van der Waals surface area contributed by atoms with Crippen molar-refractivity contribution in [1.29, 1.82) is 0 Å². The number of thiocarbonyl (C=S) groups is 1. The van der Waals surface area contributed by atoms with Crippen LogP contribution in [0.5, 0.6) is 0 Å². The zero-order valence-electron chi connectivity index (χ0n) is 9.64. The SMILES string of the molecule is CCOC(=O)CSCc1cccc(C(N)=S)c1. The molecule has 0 aliphatic carbocycles. The Labute approximate surface area is 111 Å². The van der Waals surface area contributed by atoms with Crippen LogP contribution in [-0.4, -0.2) is 23.3 Å². The van der Waals surface area contributed by atoms with E-state index in [2.05, 4.69) is 0 Å². The minimum atomic E-state index is -0.178. The fraction of sp³-hybridized carbons (Fsp3) is 0.333. The molecule has 17 heavy (non-hydrogen) atoms. The second-order valence-corrected chi connectivity index (χ2v) is 4.79. The molecule has 0 spiro atoms. The van der Waals surface area contributed by atoms with E-state index in [0.29, 0.717) is 17.3 Å². The third kappa shape index (κ3) is 5.19. The van der Waals surface area contributed by atoms with E-state index < -0.39 is 0 Å². The Hall–Kier alpha value is -1.07. The maximum Gasteiger partial charge on any atom is 0.315 e. The third-order valence-electron chi connectivity index (χ3n) is 2.01. The number of benzene rings is 1. The molecular weight excluding hydrogens is 254 g/mol. The molecule has 5 heteroatoms. The number of carbonyl (C=O) groups excluding carboxylic acids is 1. The van der Waals surface area contributed by atoms with Gasteiger partial charge in [-0.15, -0.1) is 11.8 Å². The van der Waals surface area contributed by atoms with Crippen LogP contribution in [0.15, 0.2) is 24.3 Å². The molecule has 0 aliphatic heterocycles. The van der Waals surface area contributed by atoms with Crippen LogP contribution >= 0.6 is 24.0 Å². The maximum absolute atomic E-state index is 11.1. The average Bonchev–Trinajstić information content (AvgIpc) is 2.30. The molecule has 2 N–H and O–H groups in total. The van der Waals surface area contributed by atoms with Crippen molar-refractivity contribution in [2.45, 2.75) is 12.7 Å². The van der Waals surface area contributed by atoms with Gasteiger partial charge in [-0.3, -0.25) is 4.79 Å². The van der Waals surface area contributed by atoms with Gasteiger partial charge in [0.15, 0.2) is 0 Å². The lowest BCUT2D eigenvalue weighted by molar-refractivity contribution is -0.139. The third-order valence-corrected chi connectivity index (χ3v) is 3.22. The predicted molar refractivity (Wildman–Crippen MR) is 75.1 cm³/mol. The Morgan fingerprint density at radius 3 is 2.94 bits per heavy atom. The van der Waals surface area contributed by atoms with Crippen LogP contribution in [0.3, 0.4) is 0 Å². The van der Waals surface area contributed by atoms with Gasteiger partial charge in [-0.1, -0.05) is 30.4 Å². The first-order valence-corrected chi connectivity index (χ1v) is 6.82. The van der Waals surface area contributed by atoms with Crippen molar-refractivity contribution in [2.24, 2.45) is 5.73 Å². The van der Waals surface area contributed by atoms with Gasteiger partial charge in [0.25, 0.3) is 0 Å². The smallest absolute Gasteiger partial charge is 0.315 e. The number of rotatable bonds is 6. The molecule has 1 aromatic carbocycles. The minimum absolute atomic E-state index is 0.178. The lowest BCUT2D eigenvalue weighted by Crippen LogP contribution is -2.09. The lowest BCUT2D eigenvalue weighted by atomic mass is 10.1. The van der Waals surface area contributed by atoms with E-state index in [9.17, 15) is 4.79 Å². The number of hydrogen-bond acceptors (Lipinski definition) is 4. The quantitative estimate of drug-likeness (QED) is 0.633. The van der Waals surface area contributed by atoms with E-state index in [-0.39, 0.29) is 5.97 Å². The van der Waals surface area contributed by atoms with Gasteiger partial charge in [0.05, 0.1) is 12.4 Å². The summed E-state index contributed by atoms with van der Waals surface area (Å²) in [5, 5.41) is 0. The van der Waals surface area contributed by atoms with E-state index in [1.54, 1.807) is 6.92 Å². The molecule has 0 aromatic heterocycles. The van der Waals surface area contributed by atoms with Crippen LogP contribution in [-0.2, 0) is 15.3 Å². The highest BCUT2D eigenvalue weighted by Gasteiger charge is 2.03. The second kappa shape index (κ2) is 7.29. The van der Waals surface area contributed by atoms with Gasteiger partial charge in [-0.25, -0.2) is 0 Å². The fourth-order valence-corrected chi connectivity index (χ4v) is 2.16. The molecule has 0 amide bonds. The molecule has 3 nitrogen and oxygen atoms in total. The molecule has 0 atom stereocenters. The Morgan fingerprint density at radius 1 is 1.53 bits per heavy atom. The highest BCUT2D eigenvalue weighted by molar-refractivity contribution is 7.99. The lowest BCUT2D eigenvalue weighted by Gasteiger charge is -2.04. The molecule has 0 aliphatic rings. The first-order chi connectivity index (χ1) is 8.13. The summed E-state index contributed by atoms with van der Waals surface area (Å²) in [6.07, 6.45) is 0. The molecular formula is C12H15NO2S2. The van der Waals surface area contributed by atoms with Gasteiger partial charge in [-0.2, -0.15) is 0 Å². The Kier molecular flexibility index (Phi) is 6.00. The number of carbonyl (C=O) groups is 1. The first kappa shape index (κ1) is 14.0. The number of thioether (sulfide) groups is 1. The van der Waals surface area contributed by atoms with Crippen molar-refractivity contribution in [2.75, 3.05) is 12.4 Å². The van der Waals surface area contributed by atoms with Crippen molar-refractivity contribution in [3.63, 3.8) is 0 Å². The van der Waals surface area contributed by atoms with E-state index in [1.165, 1.54) is 11.8 Å². The predicted octanol–water partition coefficient (Wildman–Crippen LogP) is 2.12. The Morgan fingerprint density at radius 2 is 2.29 bits per heavy atom. The van der Waals surface area contributed by atoms with E-state index in [1.807, 2.05) is 24.3 Å². The van der Waals surface area contributed by atoms with Crippen LogP contribution in [0, 0.1) is 0 Å². The number of nitrogens with two attached hydrogens (primary N) is 1. The summed E-state index contributed by atoms with van der Waals surface area (Å²) in [5.74, 6) is 0.934. The molecule has 0 heterocycles. The van der Waals surface area contributed by atoms with Gasteiger partial charge < -0.3 is 10.5 Å². The number of hydrogen-bond donors (Lipinski definition) is 1. The summed E-state index contributed by atoms with van der Waals surface area (Å²) >= 11 is 6.42. The topological polar surface area (TPSA) is 52.3 Å². The highest BCUT2D eigenvalue weighted by Crippen LogP contribution is 2.14. The van der Waals surface area contributed by atoms with E-state index in [0.717, 1.165) is 16.9 Å². The molecule has 1 rings (SSSR count). The monoisotopic (exact) mass is 269 g/mol. The van der Waals surface area contributed by atoms with Crippen LogP contribution in [0.4, 0.5) is 0 Å². The largest absolute Gasteiger partial charge is 0.465 e. The van der Waals surface area contributed by atoms with Gasteiger partial charge in [0.1, 0.15) is 4.99 Å². The zero-order valence-corrected chi connectivity index (χ0v) is 11.3. The second-order valence-electron chi connectivity index (χ2n) is 3.36. The number of esters is 1. The molecule has 0 saturated heterocycles. The van der Waals surface area contributed by atoms with Crippen LogP contribution in [0.25, 0.3) is 0 Å². The van der Waals surface area contributed by atoms with E-state index in [4.69, 9.17) is 22.7 Å². The van der Waals surface area contributed by atoms with Gasteiger partial charge in [0, 0.05) is 11.3 Å². The summed E-state index contributed by atoms with van der Waals surface area (Å²) in [7, 11) is 0. The fourth-order valence-electron chi connectivity index (χ4n) is 1.27. The van der Waals surface area contributed by atoms with Crippen LogP contribution in [0.2, 0.25) is 0 Å². The van der Waals surface area contributed by atoms with Crippen molar-refractivity contribution >= 4 is 34.9 Å². The van der Waals surface area contributed by atoms with Crippen molar-refractivity contribution < 1.29 is 9.53 Å². The molecule has 1 aromatic rings. The summed E-state index contributed by atoms with van der Waals surface area (Å²) in [4.78, 5) is 11.5. The van der Waals surface area contributed by atoms with E-state index >= 15 is 0 Å². The normalized spacial score (nSPS) is 9.94.